The van der Waals surface area contributed by atoms with Gasteiger partial charge in [0.15, 0.2) is 0 Å². The van der Waals surface area contributed by atoms with Gasteiger partial charge >= 0.3 is 5.97 Å². The van der Waals surface area contributed by atoms with E-state index in [2.05, 4.69) is 0 Å². The average Bonchev–Trinajstić information content (AvgIpc) is 3.17. The molecule has 0 N–H and O–H groups in total. The van der Waals surface area contributed by atoms with Crippen LogP contribution in [-0.2, 0) is 9.53 Å². The van der Waals surface area contributed by atoms with Crippen LogP contribution in [0.4, 0.5) is 0 Å². The molecule has 164 valence electrons. The van der Waals surface area contributed by atoms with Crippen LogP contribution in [0.5, 0.6) is 0 Å². The van der Waals surface area contributed by atoms with Gasteiger partial charge < -0.3 is 4.74 Å². The molecule has 1 unspecified atom stereocenters. The van der Waals surface area contributed by atoms with E-state index in [0.717, 1.165) is 9.80 Å². The highest BCUT2D eigenvalue weighted by Gasteiger charge is 2.43. The van der Waals surface area contributed by atoms with Gasteiger partial charge in [0.05, 0.1) is 28.8 Å². The summed E-state index contributed by atoms with van der Waals surface area (Å²) < 4.78 is 5.34. The van der Waals surface area contributed by atoms with E-state index < -0.39 is 35.6 Å². The molecule has 2 aliphatic rings. The molecule has 0 aliphatic carbocycles. The number of esters is 1. The third-order valence-corrected chi connectivity index (χ3v) is 5.54. The van der Waals surface area contributed by atoms with Gasteiger partial charge in [-0.15, -0.1) is 0 Å². The van der Waals surface area contributed by atoms with Crippen LogP contribution in [-0.4, -0.2) is 58.6 Å². The van der Waals surface area contributed by atoms with E-state index >= 15 is 0 Å². The molecule has 2 aromatic carbocycles. The van der Waals surface area contributed by atoms with Crippen LogP contribution in [0.25, 0.3) is 0 Å². The minimum absolute atomic E-state index is 0.00750. The summed E-state index contributed by atoms with van der Waals surface area (Å²) in [6.45, 7) is 3.39. The predicted octanol–water partition coefficient (Wildman–Crippen LogP) is 2.54. The number of rotatable bonds is 7. The van der Waals surface area contributed by atoms with Gasteiger partial charge in [-0.25, -0.2) is 4.79 Å². The van der Waals surface area contributed by atoms with Crippen molar-refractivity contribution in [2.24, 2.45) is 5.92 Å². The number of carbonyl (C=O) groups is 5. The van der Waals surface area contributed by atoms with Crippen LogP contribution < -0.4 is 0 Å². The molecular weight excluding hydrogens is 412 g/mol. The van der Waals surface area contributed by atoms with Gasteiger partial charge in [-0.3, -0.25) is 29.0 Å². The average molecular weight is 434 g/mol. The maximum atomic E-state index is 12.9. The molecule has 0 radical (unpaired) electrons. The van der Waals surface area contributed by atoms with E-state index in [1.807, 2.05) is 13.8 Å². The Morgan fingerprint density at radius 1 is 0.781 bits per heavy atom. The fourth-order valence-electron chi connectivity index (χ4n) is 4.02. The van der Waals surface area contributed by atoms with Crippen LogP contribution in [0.3, 0.4) is 0 Å². The molecule has 0 aromatic heterocycles. The van der Waals surface area contributed by atoms with Crippen molar-refractivity contribution in [2.45, 2.75) is 26.3 Å². The summed E-state index contributed by atoms with van der Waals surface area (Å²) in [7, 11) is 0. The number of imide groups is 2. The van der Waals surface area contributed by atoms with Crippen LogP contribution in [0.2, 0.25) is 0 Å². The second-order valence-electron chi connectivity index (χ2n) is 8.15. The van der Waals surface area contributed by atoms with Crippen molar-refractivity contribution in [1.29, 1.82) is 0 Å². The lowest BCUT2D eigenvalue weighted by Gasteiger charge is -2.26. The zero-order valence-corrected chi connectivity index (χ0v) is 17.7. The number of carbonyl (C=O) groups excluding carboxylic acids is 5. The van der Waals surface area contributed by atoms with Crippen molar-refractivity contribution in [2.75, 3.05) is 13.2 Å². The van der Waals surface area contributed by atoms with Gasteiger partial charge in [0.25, 0.3) is 23.6 Å². The second-order valence-corrected chi connectivity index (χ2v) is 8.15. The SMILES string of the molecule is CC(C)CC(C(=O)OCCN1C(=O)c2ccccc2C1=O)N1C(=O)c2ccccc2C1=O. The lowest BCUT2D eigenvalue weighted by molar-refractivity contribution is -0.149. The van der Waals surface area contributed by atoms with Crippen molar-refractivity contribution in [1.82, 2.24) is 9.80 Å². The lowest BCUT2D eigenvalue weighted by atomic mass is 10.0. The Morgan fingerprint density at radius 3 is 1.66 bits per heavy atom. The zero-order chi connectivity index (χ0) is 23.0. The molecule has 2 heterocycles. The lowest BCUT2D eigenvalue weighted by Crippen LogP contribution is -2.47. The van der Waals surface area contributed by atoms with E-state index in [9.17, 15) is 24.0 Å². The second kappa shape index (κ2) is 8.37. The van der Waals surface area contributed by atoms with Gasteiger partial charge in [-0.2, -0.15) is 0 Å². The summed E-state index contributed by atoms with van der Waals surface area (Å²) in [6, 6.07) is 11.8. The van der Waals surface area contributed by atoms with Crippen LogP contribution in [0.15, 0.2) is 48.5 Å². The Bertz CT molecular complexity index is 1070. The quantitative estimate of drug-likeness (QED) is 0.490. The Balaban J connectivity index is 1.45. The van der Waals surface area contributed by atoms with Gasteiger partial charge in [0, 0.05) is 0 Å². The summed E-state index contributed by atoms with van der Waals surface area (Å²) in [5.41, 5.74) is 1.13. The van der Waals surface area contributed by atoms with Gasteiger partial charge in [0.1, 0.15) is 12.6 Å². The molecule has 4 rings (SSSR count). The topological polar surface area (TPSA) is 101 Å². The highest BCUT2D eigenvalue weighted by Crippen LogP contribution is 2.27. The van der Waals surface area contributed by atoms with E-state index in [1.165, 1.54) is 0 Å². The largest absolute Gasteiger partial charge is 0.462 e. The molecule has 32 heavy (non-hydrogen) atoms. The normalized spacial score (nSPS) is 16.0. The van der Waals surface area contributed by atoms with Crippen molar-refractivity contribution < 1.29 is 28.7 Å². The van der Waals surface area contributed by atoms with E-state index in [1.54, 1.807) is 48.5 Å². The predicted molar refractivity (Wildman–Crippen MR) is 113 cm³/mol. The molecule has 2 aromatic rings. The Kier molecular flexibility index (Phi) is 5.61. The Labute approximate surface area is 184 Å². The van der Waals surface area contributed by atoms with Gasteiger partial charge in [-0.1, -0.05) is 38.1 Å². The molecule has 2 aliphatic heterocycles. The highest BCUT2D eigenvalue weighted by molar-refractivity contribution is 6.23. The van der Waals surface area contributed by atoms with E-state index in [4.69, 9.17) is 4.74 Å². The van der Waals surface area contributed by atoms with E-state index in [-0.39, 0.29) is 36.6 Å². The van der Waals surface area contributed by atoms with Crippen LogP contribution in [0, 0.1) is 5.92 Å². The Morgan fingerprint density at radius 2 is 1.22 bits per heavy atom. The third-order valence-electron chi connectivity index (χ3n) is 5.54. The molecule has 0 fully saturated rings. The van der Waals surface area contributed by atoms with E-state index in [0.29, 0.717) is 11.1 Å². The molecule has 0 bridgehead atoms. The monoisotopic (exact) mass is 434 g/mol. The molecule has 8 heteroatoms. The number of ether oxygens (including phenoxy) is 1. The molecule has 4 amide bonds. The maximum Gasteiger partial charge on any atom is 0.329 e. The molecule has 0 spiro atoms. The minimum Gasteiger partial charge on any atom is -0.462 e. The molecular formula is C24H22N2O6. The first kappa shape index (κ1) is 21.4. The summed E-state index contributed by atoms with van der Waals surface area (Å²) in [6.07, 6.45) is 0.233. The third kappa shape index (κ3) is 3.57. The van der Waals surface area contributed by atoms with Crippen molar-refractivity contribution >= 4 is 29.6 Å². The fraction of sp³-hybridized carbons (Fsp3) is 0.292. The minimum atomic E-state index is -1.09. The molecule has 0 saturated heterocycles. The number of hydrogen-bond acceptors (Lipinski definition) is 6. The van der Waals surface area contributed by atoms with Gasteiger partial charge in [0.2, 0.25) is 0 Å². The number of benzene rings is 2. The molecule has 1 atom stereocenters. The Hall–Kier alpha value is -3.81. The first-order valence-corrected chi connectivity index (χ1v) is 10.4. The smallest absolute Gasteiger partial charge is 0.329 e. The molecule has 0 saturated carbocycles. The number of amides is 4. The number of fused-ring (bicyclic) bond motifs is 2. The summed E-state index contributed by atoms with van der Waals surface area (Å²) >= 11 is 0. The summed E-state index contributed by atoms with van der Waals surface area (Å²) in [5, 5.41) is 0. The summed E-state index contributed by atoms with van der Waals surface area (Å²) in [5.74, 6) is -2.69. The fourth-order valence-corrected chi connectivity index (χ4v) is 4.02. The van der Waals surface area contributed by atoms with Gasteiger partial charge in [-0.05, 0) is 36.6 Å². The first-order chi connectivity index (χ1) is 15.3. The first-order valence-electron chi connectivity index (χ1n) is 10.4. The molecule has 8 nitrogen and oxygen atoms in total. The van der Waals surface area contributed by atoms with Crippen molar-refractivity contribution in [3.63, 3.8) is 0 Å². The maximum absolute atomic E-state index is 12.9. The number of nitrogens with zero attached hydrogens (tertiary/aromatic N) is 2. The number of hydrogen-bond donors (Lipinski definition) is 0. The highest BCUT2D eigenvalue weighted by atomic mass is 16.5. The standard InChI is InChI=1S/C24H22N2O6/c1-14(2)13-19(26-22(29)17-9-5-6-10-18(17)23(26)30)24(31)32-12-11-25-20(27)15-7-3-4-8-16(15)21(25)28/h3-10,14,19H,11-13H2,1-2H3. The summed E-state index contributed by atoms with van der Waals surface area (Å²) in [4.78, 5) is 65.4. The van der Waals surface area contributed by atoms with Crippen molar-refractivity contribution in [3.8, 4) is 0 Å². The van der Waals surface area contributed by atoms with Crippen LogP contribution in [0.1, 0.15) is 61.7 Å². The zero-order valence-electron chi connectivity index (χ0n) is 17.7. The van der Waals surface area contributed by atoms with Crippen molar-refractivity contribution in [3.05, 3.63) is 70.8 Å². The van der Waals surface area contributed by atoms with Crippen LogP contribution >= 0.6 is 0 Å².